The van der Waals surface area contributed by atoms with Crippen LogP contribution in [0, 0.1) is 17.8 Å². The number of H-pyrrole nitrogens is 1. The standard InChI is InChI=1S/C30H37N3O3/c1-35-25-5-3-20(4-6-25)19-33(10-9-24-18-31-28-8-7-26(36-2)14-27(24)28)29(34)32-30-15-21-11-22(16-30)13-23(12-21)17-30/h3-8,14,18,21-23,31H,9-13,15-17,19H2,1-2H3,(H,32,34). The molecule has 1 aromatic heterocycles. The van der Waals surface area contributed by atoms with Gasteiger partial charge in [0.25, 0.3) is 0 Å². The first-order chi connectivity index (χ1) is 17.5. The molecule has 4 aliphatic carbocycles. The van der Waals surface area contributed by atoms with E-state index in [0.29, 0.717) is 13.1 Å². The molecule has 190 valence electrons. The number of carbonyl (C=O) groups excluding carboxylic acids is 1. The van der Waals surface area contributed by atoms with Crippen molar-refractivity contribution in [2.75, 3.05) is 20.8 Å². The van der Waals surface area contributed by atoms with Crippen LogP contribution in [-0.4, -0.2) is 42.2 Å². The zero-order valence-corrected chi connectivity index (χ0v) is 21.4. The normalized spacial score (nSPS) is 26.2. The van der Waals surface area contributed by atoms with Gasteiger partial charge in [-0.15, -0.1) is 0 Å². The van der Waals surface area contributed by atoms with Gasteiger partial charge < -0.3 is 24.7 Å². The maximum Gasteiger partial charge on any atom is 0.318 e. The summed E-state index contributed by atoms with van der Waals surface area (Å²) in [6, 6.07) is 14.2. The van der Waals surface area contributed by atoms with Gasteiger partial charge in [0, 0.05) is 35.7 Å². The maximum absolute atomic E-state index is 13.8. The third kappa shape index (κ3) is 4.54. The van der Waals surface area contributed by atoms with E-state index in [1.165, 1.54) is 24.8 Å². The Balaban J connectivity index is 1.21. The minimum atomic E-state index is -0.00185. The molecule has 2 aromatic carbocycles. The molecule has 2 amide bonds. The molecule has 4 saturated carbocycles. The van der Waals surface area contributed by atoms with Gasteiger partial charge in [0.05, 0.1) is 14.2 Å². The van der Waals surface area contributed by atoms with Crippen molar-refractivity contribution in [1.82, 2.24) is 15.2 Å². The van der Waals surface area contributed by atoms with Crippen LogP contribution in [0.3, 0.4) is 0 Å². The smallest absolute Gasteiger partial charge is 0.318 e. The average Bonchev–Trinajstić information content (AvgIpc) is 3.27. The van der Waals surface area contributed by atoms with Gasteiger partial charge in [0.15, 0.2) is 0 Å². The summed E-state index contributed by atoms with van der Waals surface area (Å²) in [5, 5.41) is 4.74. The molecule has 4 fully saturated rings. The van der Waals surface area contributed by atoms with Gasteiger partial charge in [0.2, 0.25) is 0 Å². The second kappa shape index (κ2) is 9.38. The Labute approximate surface area is 213 Å². The van der Waals surface area contributed by atoms with E-state index in [1.54, 1.807) is 14.2 Å². The lowest BCUT2D eigenvalue weighted by Gasteiger charge is -2.57. The van der Waals surface area contributed by atoms with Crippen LogP contribution in [0.4, 0.5) is 4.79 Å². The third-order valence-corrected chi connectivity index (χ3v) is 8.86. The molecule has 36 heavy (non-hydrogen) atoms. The molecule has 6 heteroatoms. The van der Waals surface area contributed by atoms with Crippen molar-refractivity contribution in [3.63, 3.8) is 0 Å². The summed E-state index contributed by atoms with van der Waals surface area (Å²) < 4.78 is 10.8. The number of carbonyl (C=O) groups is 1. The fourth-order valence-corrected chi connectivity index (χ4v) is 7.52. The first-order valence-corrected chi connectivity index (χ1v) is 13.4. The van der Waals surface area contributed by atoms with Crippen molar-refractivity contribution in [2.45, 2.75) is 57.0 Å². The molecule has 0 unspecified atom stereocenters. The fourth-order valence-electron chi connectivity index (χ4n) is 7.52. The zero-order valence-electron chi connectivity index (χ0n) is 21.4. The summed E-state index contributed by atoms with van der Waals surface area (Å²) in [7, 11) is 3.37. The van der Waals surface area contributed by atoms with Crippen LogP contribution >= 0.6 is 0 Å². The number of nitrogens with one attached hydrogen (secondary N) is 2. The Hall–Kier alpha value is -3.15. The van der Waals surface area contributed by atoms with Gasteiger partial charge in [-0.2, -0.15) is 0 Å². The van der Waals surface area contributed by atoms with Gasteiger partial charge in [-0.3, -0.25) is 0 Å². The van der Waals surface area contributed by atoms with Crippen LogP contribution in [-0.2, 0) is 13.0 Å². The maximum atomic E-state index is 13.8. The van der Waals surface area contributed by atoms with Gasteiger partial charge in [0.1, 0.15) is 11.5 Å². The number of hydrogen-bond acceptors (Lipinski definition) is 3. The Bertz CT molecular complexity index is 1200. The topological polar surface area (TPSA) is 66.6 Å². The number of aromatic nitrogens is 1. The molecule has 0 saturated heterocycles. The highest BCUT2D eigenvalue weighted by molar-refractivity contribution is 5.84. The lowest BCUT2D eigenvalue weighted by Crippen LogP contribution is -2.61. The van der Waals surface area contributed by atoms with Gasteiger partial charge in [-0.1, -0.05) is 12.1 Å². The number of methoxy groups -OCH3 is 2. The molecule has 1 heterocycles. The van der Waals surface area contributed by atoms with E-state index in [-0.39, 0.29) is 11.6 Å². The van der Waals surface area contributed by atoms with Crippen molar-refractivity contribution < 1.29 is 14.3 Å². The summed E-state index contributed by atoms with van der Waals surface area (Å²) in [6.07, 6.45) is 10.4. The molecule has 0 aliphatic heterocycles. The molecular weight excluding hydrogens is 450 g/mol. The monoisotopic (exact) mass is 487 g/mol. The van der Waals surface area contributed by atoms with E-state index in [9.17, 15) is 4.79 Å². The first-order valence-electron chi connectivity index (χ1n) is 13.4. The lowest BCUT2D eigenvalue weighted by molar-refractivity contribution is -0.0158. The number of benzene rings is 2. The van der Waals surface area contributed by atoms with Gasteiger partial charge >= 0.3 is 6.03 Å². The summed E-state index contributed by atoms with van der Waals surface area (Å²) in [5.41, 5.74) is 3.40. The second-order valence-electron chi connectivity index (χ2n) is 11.4. The van der Waals surface area contributed by atoms with Crippen molar-refractivity contribution in [2.24, 2.45) is 17.8 Å². The van der Waals surface area contributed by atoms with Crippen molar-refractivity contribution >= 4 is 16.9 Å². The quantitative estimate of drug-likeness (QED) is 0.415. The highest BCUT2D eigenvalue weighted by Gasteiger charge is 2.51. The molecule has 0 spiro atoms. The van der Waals surface area contributed by atoms with Crippen molar-refractivity contribution in [3.05, 3.63) is 59.8 Å². The SMILES string of the molecule is COc1ccc(CN(CCc2c[nH]c3ccc(OC)cc23)C(=O)NC23CC4CC(CC(C4)C2)C3)cc1. The fraction of sp³-hybridized carbons (Fsp3) is 0.500. The molecule has 0 radical (unpaired) electrons. The average molecular weight is 488 g/mol. The minimum absolute atomic E-state index is 0.00185. The molecule has 0 atom stereocenters. The Morgan fingerprint density at radius 1 is 0.972 bits per heavy atom. The molecule has 4 bridgehead atoms. The summed E-state index contributed by atoms with van der Waals surface area (Å²) in [5.74, 6) is 4.07. The van der Waals surface area contributed by atoms with Crippen LogP contribution < -0.4 is 14.8 Å². The van der Waals surface area contributed by atoms with Gasteiger partial charge in [-0.25, -0.2) is 4.79 Å². The van der Waals surface area contributed by atoms with Crippen LogP contribution in [0.2, 0.25) is 0 Å². The number of fused-ring (bicyclic) bond motifs is 1. The Morgan fingerprint density at radius 2 is 1.61 bits per heavy atom. The van der Waals surface area contributed by atoms with Gasteiger partial charge in [-0.05, 0) is 104 Å². The highest BCUT2D eigenvalue weighted by atomic mass is 16.5. The van der Waals surface area contributed by atoms with E-state index in [0.717, 1.165) is 71.4 Å². The summed E-state index contributed by atoms with van der Waals surface area (Å²) >= 11 is 0. The number of aromatic amines is 1. The lowest BCUT2D eigenvalue weighted by atomic mass is 9.53. The predicted octanol–water partition coefficient (Wildman–Crippen LogP) is 5.91. The molecule has 6 nitrogen and oxygen atoms in total. The van der Waals surface area contributed by atoms with E-state index >= 15 is 0 Å². The minimum Gasteiger partial charge on any atom is -0.497 e. The zero-order chi connectivity index (χ0) is 24.7. The third-order valence-electron chi connectivity index (χ3n) is 8.86. The van der Waals surface area contributed by atoms with Crippen molar-refractivity contribution in [3.8, 4) is 11.5 Å². The van der Waals surface area contributed by atoms with E-state index < -0.39 is 0 Å². The van der Waals surface area contributed by atoms with Crippen LogP contribution in [0.15, 0.2) is 48.7 Å². The van der Waals surface area contributed by atoms with Crippen molar-refractivity contribution in [1.29, 1.82) is 0 Å². The Kier molecular flexibility index (Phi) is 6.06. The number of ether oxygens (including phenoxy) is 2. The number of rotatable bonds is 8. The predicted molar refractivity (Wildman–Crippen MR) is 141 cm³/mol. The molecule has 4 aliphatic rings. The Morgan fingerprint density at radius 3 is 2.25 bits per heavy atom. The van der Waals surface area contributed by atoms with Crippen LogP contribution in [0.1, 0.15) is 49.7 Å². The first kappa shape index (κ1) is 23.3. The molecule has 7 rings (SSSR count). The highest BCUT2D eigenvalue weighted by Crippen LogP contribution is 2.55. The second-order valence-corrected chi connectivity index (χ2v) is 11.4. The summed E-state index contributed by atoms with van der Waals surface area (Å²) in [6.45, 7) is 1.22. The number of nitrogens with zero attached hydrogens (tertiary/aromatic N) is 1. The van der Waals surface area contributed by atoms with Crippen LogP contribution in [0.5, 0.6) is 11.5 Å². The van der Waals surface area contributed by atoms with E-state index in [1.807, 2.05) is 29.2 Å². The van der Waals surface area contributed by atoms with Crippen LogP contribution in [0.25, 0.3) is 10.9 Å². The molecular formula is C30H37N3O3. The largest absolute Gasteiger partial charge is 0.497 e. The molecule has 2 N–H and O–H groups in total. The van der Waals surface area contributed by atoms with E-state index in [4.69, 9.17) is 9.47 Å². The number of urea groups is 1. The number of hydrogen-bond donors (Lipinski definition) is 2. The molecule has 3 aromatic rings. The van der Waals surface area contributed by atoms with E-state index in [2.05, 4.69) is 34.7 Å². The summed E-state index contributed by atoms with van der Waals surface area (Å²) in [4.78, 5) is 19.2. The number of amides is 2.